The molecule has 0 spiro atoms. The van der Waals surface area contributed by atoms with Gasteiger partial charge in [0.05, 0.1) is 14.2 Å². The first-order chi connectivity index (χ1) is 11.1. The summed E-state index contributed by atoms with van der Waals surface area (Å²) in [5.41, 5.74) is 2.03. The molecule has 0 bridgehead atoms. The van der Waals surface area contributed by atoms with Crippen LogP contribution >= 0.6 is 0 Å². The number of ether oxygens (including phenoxy) is 2. The van der Waals surface area contributed by atoms with Crippen molar-refractivity contribution in [1.29, 1.82) is 0 Å². The highest BCUT2D eigenvalue weighted by Crippen LogP contribution is 2.27. The van der Waals surface area contributed by atoms with Crippen LogP contribution in [-0.2, 0) is 11.3 Å². The average molecular weight is 314 g/mol. The maximum Gasteiger partial charge on any atom is 0.220 e. The molecule has 23 heavy (non-hydrogen) atoms. The highest BCUT2D eigenvalue weighted by Gasteiger charge is 2.11. The van der Waals surface area contributed by atoms with Crippen LogP contribution in [0.25, 0.3) is 0 Å². The topological polar surface area (TPSA) is 60.5 Å². The molecule has 1 aromatic carbocycles. The van der Waals surface area contributed by atoms with Gasteiger partial charge in [0, 0.05) is 25.4 Å². The van der Waals surface area contributed by atoms with E-state index >= 15 is 0 Å². The number of hydrogen-bond acceptors (Lipinski definition) is 4. The Balaban J connectivity index is 1.89. The summed E-state index contributed by atoms with van der Waals surface area (Å²) in [5.74, 6) is 1.47. The van der Waals surface area contributed by atoms with Gasteiger partial charge in [0.25, 0.3) is 0 Å². The van der Waals surface area contributed by atoms with Crippen molar-refractivity contribution in [3.63, 3.8) is 0 Å². The van der Waals surface area contributed by atoms with Crippen LogP contribution in [-0.4, -0.2) is 25.1 Å². The normalized spacial score (nSPS) is 11.6. The van der Waals surface area contributed by atoms with Gasteiger partial charge in [-0.1, -0.05) is 19.1 Å². The predicted molar refractivity (Wildman–Crippen MR) is 88.7 cm³/mol. The largest absolute Gasteiger partial charge is 0.493 e. The number of carbonyl (C=O) groups excluding carboxylic acids is 1. The second-order valence-corrected chi connectivity index (χ2v) is 5.36. The number of nitrogens with zero attached hydrogens (tertiary/aromatic N) is 1. The molecule has 5 heteroatoms. The molecule has 0 radical (unpaired) electrons. The quantitative estimate of drug-likeness (QED) is 0.853. The molecular weight excluding hydrogens is 292 g/mol. The van der Waals surface area contributed by atoms with Crippen molar-refractivity contribution in [1.82, 2.24) is 10.3 Å². The van der Waals surface area contributed by atoms with Crippen molar-refractivity contribution in [3.8, 4) is 11.5 Å². The lowest BCUT2D eigenvalue weighted by molar-refractivity contribution is -0.121. The lowest BCUT2D eigenvalue weighted by Gasteiger charge is -2.13. The smallest absolute Gasteiger partial charge is 0.220 e. The second kappa shape index (κ2) is 8.17. The van der Waals surface area contributed by atoms with Crippen molar-refractivity contribution < 1.29 is 14.3 Å². The lowest BCUT2D eigenvalue weighted by atomic mass is 9.99. The third-order valence-electron chi connectivity index (χ3n) is 3.68. The van der Waals surface area contributed by atoms with Gasteiger partial charge in [-0.2, -0.15) is 0 Å². The zero-order valence-corrected chi connectivity index (χ0v) is 13.7. The maximum atomic E-state index is 12.1. The van der Waals surface area contributed by atoms with E-state index < -0.39 is 0 Å². The highest BCUT2D eigenvalue weighted by molar-refractivity contribution is 5.76. The first-order valence-corrected chi connectivity index (χ1v) is 7.51. The molecule has 0 aliphatic rings. The SMILES string of the molecule is COc1ccc(CNC(=O)CC(C)c2cccnc2)cc1OC. The van der Waals surface area contributed by atoms with Crippen LogP contribution in [0.4, 0.5) is 0 Å². The Morgan fingerprint density at radius 2 is 2.00 bits per heavy atom. The molecule has 1 unspecified atom stereocenters. The minimum Gasteiger partial charge on any atom is -0.493 e. The van der Waals surface area contributed by atoms with Crippen LogP contribution in [0.15, 0.2) is 42.7 Å². The van der Waals surface area contributed by atoms with E-state index in [4.69, 9.17) is 9.47 Å². The summed E-state index contributed by atoms with van der Waals surface area (Å²) in [7, 11) is 3.19. The van der Waals surface area contributed by atoms with Crippen molar-refractivity contribution in [2.75, 3.05) is 14.2 Å². The van der Waals surface area contributed by atoms with Gasteiger partial charge in [0.1, 0.15) is 0 Å². The Hall–Kier alpha value is -2.56. The third kappa shape index (κ3) is 4.71. The molecule has 1 atom stereocenters. The van der Waals surface area contributed by atoms with E-state index in [1.165, 1.54) is 0 Å². The number of carbonyl (C=O) groups is 1. The van der Waals surface area contributed by atoms with Crippen LogP contribution in [0.5, 0.6) is 11.5 Å². The Bertz CT molecular complexity index is 644. The summed E-state index contributed by atoms with van der Waals surface area (Å²) in [6.07, 6.45) is 3.96. The predicted octanol–water partition coefficient (Wildman–Crippen LogP) is 2.91. The number of rotatable bonds is 7. The minimum atomic E-state index is 0.0103. The number of pyridine rings is 1. The zero-order valence-electron chi connectivity index (χ0n) is 13.7. The molecule has 0 saturated carbocycles. The molecule has 2 rings (SSSR count). The van der Waals surface area contributed by atoms with E-state index in [2.05, 4.69) is 10.3 Å². The number of nitrogens with one attached hydrogen (secondary N) is 1. The average Bonchev–Trinajstić information content (AvgIpc) is 2.60. The Kier molecular flexibility index (Phi) is 5.97. The Morgan fingerprint density at radius 3 is 2.65 bits per heavy atom. The van der Waals surface area contributed by atoms with E-state index in [1.54, 1.807) is 26.6 Å². The van der Waals surface area contributed by atoms with Crippen molar-refractivity contribution in [3.05, 3.63) is 53.9 Å². The second-order valence-electron chi connectivity index (χ2n) is 5.36. The fraction of sp³-hybridized carbons (Fsp3) is 0.333. The number of aromatic nitrogens is 1. The van der Waals surface area contributed by atoms with Gasteiger partial charge in [-0.25, -0.2) is 0 Å². The van der Waals surface area contributed by atoms with Crippen molar-refractivity contribution in [2.24, 2.45) is 0 Å². The maximum absolute atomic E-state index is 12.1. The lowest BCUT2D eigenvalue weighted by Crippen LogP contribution is -2.24. The first kappa shape index (κ1) is 16.8. The molecule has 0 aliphatic heterocycles. The van der Waals surface area contributed by atoms with Gasteiger partial charge in [0.15, 0.2) is 11.5 Å². The summed E-state index contributed by atoms with van der Waals surface area (Å²) in [6.45, 7) is 2.48. The molecule has 1 aromatic heterocycles. The Labute approximate surface area is 136 Å². The molecule has 1 heterocycles. The molecule has 1 amide bonds. The number of benzene rings is 1. The summed E-state index contributed by atoms with van der Waals surface area (Å²) in [5, 5.41) is 2.93. The highest BCUT2D eigenvalue weighted by atomic mass is 16.5. The molecule has 0 aliphatic carbocycles. The van der Waals surface area contributed by atoms with E-state index in [0.29, 0.717) is 24.5 Å². The van der Waals surface area contributed by atoms with Gasteiger partial charge in [-0.05, 0) is 35.2 Å². The summed E-state index contributed by atoms with van der Waals surface area (Å²) in [4.78, 5) is 16.2. The first-order valence-electron chi connectivity index (χ1n) is 7.51. The van der Waals surface area contributed by atoms with Crippen LogP contribution in [0, 0.1) is 0 Å². The Morgan fingerprint density at radius 1 is 1.22 bits per heavy atom. The van der Waals surface area contributed by atoms with Crippen molar-refractivity contribution >= 4 is 5.91 Å². The number of methoxy groups -OCH3 is 2. The monoisotopic (exact) mass is 314 g/mol. The molecular formula is C18H22N2O3. The van der Waals surface area contributed by atoms with Crippen molar-refractivity contribution in [2.45, 2.75) is 25.8 Å². The molecule has 122 valence electrons. The number of amides is 1. The summed E-state index contributed by atoms with van der Waals surface area (Å²) >= 11 is 0. The van der Waals surface area contributed by atoms with Gasteiger partial charge < -0.3 is 14.8 Å². The minimum absolute atomic E-state index is 0.0103. The van der Waals surface area contributed by atoms with E-state index in [1.807, 2.05) is 37.3 Å². The van der Waals surface area contributed by atoms with Gasteiger partial charge in [0.2, 0.25) is 5.91 Å². The van der Waals surface area contributed by atoms with E-state index in [0.717, 1.165) is 11.1 Å². The van der Waals surface area contributed by atoms with Crippen LogP contribution < -0.4 is 14.8 Å². The fourth-order valence-electron chi connectivity index (χ4n) is 2.33. The molecule has 0 saturated heterocycles. The summed E-state index contributed by atoms with van der Waals surface area (Å²) < 4.78 is 10.5. The van der Waals surface area contributed by atoms with Gasteiger partial charge in [-0.3, -0.25) is 9.78 Å². The number of hydrogen-bond donors (Lipinski definition) is 1. The summed E-state index contributed by atoms with van der Waals surface area (Å²) in [6, 6.07) is 9.47. The van der Waals surface area contributed by atoms with Crippen LogP contribution in [0.2, 0.25) is 0 Å². The van der Waals surface area contributed by atoms with E-state index in [-0.39, 0.29) is 11.8 Å². The fourth-order valence-corrected chi connectivity index (χ4v) is 2.33. The van der Waals surface area contributed by atoms with Gasteiger partial charge in [-0.15, -0.1) is 0 Å². The van der Waals surface area contributed by atoms with Gasteiger partial charge >= 0.3 is 0 Å². The van der Waals surface area contributed by atoms with Crippen LogP contribution in [0.1, 0.15) is 30.4 Å². The zero-order chi connectivity index (χ0) is 16.7. The third-order valence-corrected chi connectivity index (χ3v) is 3.68. The van der Waals surface area contributed by atoms with Crippen LogP contribution in [0.3, 0.4) is 0 Å². The molecule has 0 fully saturated rings. The van der Waals surface area contributed by atoms with E-state index in [9.17, 15) is 4.79 Å². The molecule has 2 aromatic rings. The molecule has 1 N–H and O–H groups in total. The molecule has 5 nitrogen and oxygen atoms in total. The standard InChI is InChI=1S/C18H22N2O3/c1-13(15-5-4-8-19-12-15)9-18(21)20-11-14-6-7-16(22-2)17(10-14)23-3/h4-8,10,12-13H,9,11H2,1-3H3,(H,20,21).